The van der Waals surface area contributed by atoms with Crippen LogP contribution in [0.1, 0.15) is 20.8 Å². The molecule has 0 fully saturated rings. The Hall–Kier alpha value is -3.00. The van der Waals surface area contributed by atoms with Crippen LogP contribution in [-0.4, -0.2) is 20.1 Å². The molecule has 8 heteroatoms. The number of carbonyl (C=O) groups is 1. The lowest BCUT2D eigenvalue weighted by molar-refractivity contribution is -0.137. The lowest BCUT2D eigenvalue weighted by Gasteiger charge is -2.12. The van der Waals surface area contributed by atoms with E-state index in [0.717, 1.165) is 29.0 Å². The molecule has 0 saturated carbocycles. The number of carbonyl (C=O) groups excluding carboxylic acids is 1. The van der Waals surface area contributed by atoms with Gasteiger partial charge in [-0.05, 0) is 35.9 Å². The maximum absolute atomic E-state index is 12.9. The third kappa shape index (κ3) is 4.71. The Morgan fingerprint density at radius 1 is 1.03 bits per heavy atom. The number of para-hydroxylation sites is 1. The summed E-state index contributed by atoms with van der Waals surface area (Å²) in [5.41, 5.74) is 0.438. The summed E-state index contributed by atoms with van der Waals surface area (Å²) >= 11 is 1.13. The molecule has 152 valence electrons. The predicted octanol–water partition coefficient (Wildman–Crippen LogP) is 5.38. The first-order valence-corrected chi connectivity index (χ1v) is 9.40. The quantitative estimate of drug-likeness (QED) is 0.581. The van der Waals surface area contributed by atoms with Crippen molar-refractivity contribution in [3.05, 3.63) is 70.6 Å². The Balaban J connectivity index is 1.74. The van der Waals surface area contributed by atoms with Gasteiger partial charge in [-0.25, -0.2) is 0 Å². The Morgan fingerprint density at radius 2 is 1.79 bits per heavy atom. The maximum Gasteiger partial charge on any atom is 0.416 e. The van der Waals surface area contributed by atoms with Gasteiger partial charge in [0.05, 0.1) is 24.7 Å². The van der Waals surface area contributed by atoms with E-state index in [2.05, 4.69) is 5.32 Å². The fourth-order valence-corrected chi connectivity index (χ4v) is 3.74. The summed E-state index contributed by atoms with van der Waals surface area (Å²) in [5, 5.41) is 2.80. The molecular weight excluding hydrogens is 403 g/mol. The molecule has 1 N–H and O–H groups in total. The number of hydrogen-bond donors (Lipinski definition) is 1. The highest BCUT2D eigenvalue weighted by atomic mass is 32.1. The molecule has 1 amide bonds. The highest BCUT2D eigenvalue weighted by molar-refractivity contribution is 7.17. The van der Waals surface area contributed by atoms with Gasteiger partial charge in [0.25, 0.3) is 5.91 Å². The molecule has 3 aromatic rings. The van der Waals surface area contributed by atoms with Crippen molar-refractivity contribution in [1.29, 1.82) is 0 Å². The van der Waals surface area contributed by atoms with E-state index in [1.54, 1.807) is 30.3 Å². The van der Waals surface area contributed by atoms with Crippen molar-refractivity contribution < 1.29 is 27.4 Å². The SMILES string of the molecule is COc1cccc(CNC(=O)c2ccc(-c3cccc(C(F)(F)F)c3)s2)c1OC. The number of ether oxygens (including phenoxy) is 2. The number of alkyl halides is 3. The predicted molar refractivity (Wildman–Crippen MR) is 105 cm³/mol. The van der Waals surface area contributed by atoms with Gasteiger partial charge in [-0.15, -0.1) is 11.3 Å². The van der Waals surface area contributed by atoms with Crippen LogP contribution in [0.25, 0.3) is 10.4 Å². The van der Waals surface area contributed by atoms with E-state index in [1.165, 1.54) is 20.3 Å². The van der Waals surface area contributed by atoms with Gasteiger partial charge in [-0.3, -0.25) is 4.79 Å². The second kappa shape index (κ2) is 8.57. The minimum atomic E-state index is -4.41. The Bertz CT molecular complexity index is 1010. The normalized spacial score (nSPS) is 11.2. The van der Waals surface area contributed by atoms with E-state index in [4.69, 9.17) is 9.47 Å². The minimum Gasteiger partial charge on any atom is -0.493 e. The molecule has 0 aliphatic carbocycles. The standard InChI is InChI=1S/C21H18F3NO3S/c1-27-16-8-4-6-14(19(16)28-2)12-25-20(26)18-10-9-17(29-18)13-5-3-7-15(11-13)21(22,23)24/h3-11H,12H2,1-2H3,(H,25,26). The van der Waals surface area contributed by atoms with Gasteiger partial charge >= 0.3 is 6.18 Å². The number of thiophene rings is 1. The number of benzene rings is 2. The number of rotatable bonds is 6. The van der Waals surface area contributed by atoms with Crippen molar-refractivity contribution in [2.24, 2.45) is 0 Å². The van der Waals surface area contributed by atoms with Crippen LogP contribution >= 0.6 is 11.3 Å². The summed E-state index contributed by atoms with van der Waals surface area (Å²) in [6.07, 6.45) is -4.41. The first-order chi connectivity index (χ1) is 13.8. The van der Waals surface area contributed by atoms with Crippen LogP contribution in [0.3, 0.4) is 0 Å². The van der Waals surface area contributed by atoms with E-state index in [9.17, 15) is 18.0 Å². The molecule has 0 spiro atoms. The zero-order valence-electron chi connectivity index (χ0n) is 15.7. The van der Waals surface area contributed by atoms with Crippen molar-refractivity contribution in [2.75, 3.05) is 14.2 Å². The van der Waals surface area contributed by atoms with Crippen molar-refractivity contribution >= 4 is 17.2 Å². The molecular formula is C21H18F3NO3S. The number of halogens is 3. The summed E-state index contributed by atoms with van der Waals surface area (Å²) in [6.45, 7) is 0.218. The van der Waals surface area contributed by atoms with E-state index >= 15 is 0 Å². The Labute approximate surface area is 169 Å². The van der Waals surface area contributed by atoms with Crippen LogP contribution in [0.15, 0.2) is 54.6 Å². The van der Waals surface area contributed by atoms with Crippen molar-refractivity contribution in [3.63, 3.8) is 0 Å². The van der Waals surface area contributed by atoms with Gasteiger partial charge in [0.1, 0.15) is 0 Å². The number of methoxy groups -OCH3 is 2. The highest BCUT2D eigenvalue weighted by Crippen LogP contribution is 2.35. The topological polar surface area (TPSA) is 47.6 Å². The molecule has 0 bridgehead atoms. The Kier molecular flexibility index (Phi) is 6.12. The summed E-state index contributed by atoms with van der Waals surface area (Å²) in [4.78, 5) is 13.5. The molecule has 0 atom stereocenters. The van der Waals surface area contributed by atoms with Crippen LogP contribution in [-0.2, 0) is 12.7 Å². The van der Waals surface area contributed by atoms with Crippen LogP contribution in [0, 0.1) is 0 Å². The molecule has 29 heavy (non-hydrogen) atoms. The summed E-state index contributed by atoms with van der Waals surface area (Å²) in [6, 6.07) is 13.6. The molecule has 3 rings (SSSR count). The van der Waals surface area contributed by atoms with Crippen molar-refractivity contribution in [1.82, 2.24) is 5.32 Å². The lowest BCUT2D eigenvalue weighted by Crippen LogP contribution is -2.22. The van der Waals surface area contributed by atoms with Gasteiger partial charge in [0.2, 0.25) is 0 Å². The lowest BCUT2D eigenvalue weighted by atomic mass is 10.1. The second-order valence-electron chi connectivity index (χ2n) is 6.08. The van der Waals surface area contributed by atoms with Gasteiger partial charge in [-0.1, -0.05) is 24.3 Å². The van der Waals surface area contributed by atoms with Gasteiger partial charge in [-0.2, -0.15) is 13.2 Å². The molecule has 0 aliphatic rings. The van der Waals surface area contributed by atoms with Crippen molar-refractivity contribution in [2.45, 2.75) is 12.7 Å². The van der Waals surface area contributed by atoms with Gasteiger partial charge in [0.15, 0.2) is 11.5 Å². The number of hydrogen-bond acceptors (Lipinski definition) is 4. The first-order valence-electron chi connectivity index (χ1n) is 8.59. The smallest absolute Gasteiger partial charge is 0.416 e. The number of nitrogens with one attached hydrogen (secondary N) is 1. The summed E-state index contributed by atoms with van der Waals surface area (Å²) in [7, 11) is 3.05. The van der Waals surface area contributed by atoms with E-state index in [0.29, 0.717) is 26.8 Å². The van der Waals surface area contributed by atoms with Crippen LogP contribution in [0.5, 0.6) is 11.5 Å². The first kappa shape index (κ1) is 20.7. The van der Waals surface area contributed by atoms with Gasteiger partial charge in [0, 0.05) is 17.0 Å². The third-order valence-corrected chi connectivity index (χ3v) is 5.36. The number of amides is 1. The Morgan fingerprint density at radius 3 is 2.48 bits per heavy atom. The minimum absolute atomic E-state index is 0.218. The van der Waals surface area contributed by atoms with Crippen molar-refractivity contribution in [3.8, 4) is 21.9 Å². The zero-order chi connectivity index (χ0) is 21.0. The fraction of sp³-hybridized carbons (Fsp3) is 0.190. The van der Waals surface area contributed by atoms with E-state index < -0.39 is 11.7 Å². The molecule has 1 aromatic heterocycles. The zero-order valence-corrected chi connectivity index (χ0v) is 16.5. The van der Waals surface area contributed by atoms with E-state index in [-0.39, 0.29) is 12.5 Å². The van der Waals surface area contributed by atoms with Crippen LogP contribution in [0.2, 0.25) is 0 Å². The third-order valence-electron chi connectivity index (χ3n) is 4.23. The summed E-state index contributed by atoms with van der Waals surface area (Å²) < 4.78 is 49.3. The summed E-state index contributed by atoms with van der Waals surface area (Å²) in [5.74, 6) is 0.770. The van der Waals surface area contributed by atoms with Crippen LogP contribution < -0.4 is 14.8 Å². The molecule has 0 saturated heterocycles. The fourth-order valence-electron chi connectivity index (χ4n) is 2.82. The molecule has 4 nitrogen and oxygen atoms in total. The molecule has 1 heterocycles. The van der Waals surface area contributed by atoms with Gasteiger partial charge < -0.3 is 14.8 Å². The highest BCUT2D eigenvalue weighted by Gasteiger charge is 2.30. The van der Waals surface area contributed by atoms with Crippen LogP contribution in [0.4, 0.5) is 13.2 Å². The average Bonchev–Trinajstić information content (AvgIpc) is 3.21. The second-order valence-corrected chi connectivity index (χ2v) is 7.16. The molecule has 0 radical (unpaired) electrons. The average molecular weight is 421 g/mol. The molecule has 0 unspecified atom stereocenters. The van der Waals surface area contributed by atoms with E-state index in [1.807, 2.05) is 6.07 Å². The largest absolute Gasteiger partial charge is 0.493 e. The monoisotopic (exact) mass is 421 g/mol. The maximum atomic E-state index is 12.9. The molecule has 0 aliphatic heterocycles. The molecule has 2 aromatic carbocycles.